The van der Waals surface area contributed by atoms with E-state index in [9.17, 15) is 4.79 Å². The van der Waals surface area contributed by atoms with E-state index in [1.165, 1.54) is 16.9 Å². The lowest BCUT2D eigenvalue weighted by Crippen LogP contribution is -2.39. The Bertz CT molecular complexity index is 1250. The van der Waals surface area contributed by atoms with Crippen molar-refractivity contribution in [1.29, 1.82) is 0 Å². The number of amides is 1. The zero-order valence-electron chi connectivity index (χ0n) is 18.1. The number of thiophene rings is 1. The molecule has 32 heavy (non-hydrogen) atoms. The molecular weight excluding hydrogens is 436 g/mol. The topological polar surface area (TPSA) is 59.0 Å². The van der Waals surface area contributed by atoms with Crippen molar-refractivity contribution in [2.75, 3.05) is 13.1 Å². The van der Waals surface area contributed by atoms with Crippen molar-refractivity contribution in [3.05, 3.63) is 76.1 Å². The largest absolute Gasteiger partial charge is 0.337 e. The number of piperidine rings is 1. The second-order valence-corrected chi connectivity index (χ2v) is 10.00. The van der Waals surface area contributed by atoms with Crippen LogP contribution in [0.25, 0.3) is 21.0 Å². The molecule has 3 aromatic heterocycles. The molecule has 0 saturated carbocycles. The van der Waals surface area contributed by atoms with E-state index in [0.29, 0.717) is 12.2 Å². The average Bonchev–Trinajstić information content (AvgIpc) is 3.51. The molecule has 1 aliphatic heterocycles. The third kappa shape index (κ3) is 4.23. The zero-order valence-corrected chi connectivity index (χ0v) is 19.7. The molecule has 1 amide bonds. The molecule has 5 rings (SSSR count). The van der Waals surface area contributed by atoms with E-state index in [-0.39, 0.29) is 11.8 Å². The first-order chi connectivity index (χ1) is 15.6. The average molecular weight is 461 g/mol. The number of likely N-dealkylation sites (tertiary alicyclic amines) is 1. The summed E-state index contributed by atoms with van der Waals surface area (Å²) in [4.78, 5) is 30.3. The molecule has 1 fully saturated rings. The second-order valence-electron chi connectivity index (χ2n) is 8.19. The molecule has 4 heterocycles. The van der Waals surface area contributed by atoms with Crippen molar-refractivity contribution < 1.29 is 4.79 Å². The molecule has 162 valence electrons. The van der Waals surface area contributed by atoms with Crippen LogP contribution in [0.15, 0.2) is 53.4 Å². The first-order valence-corrected chi connectivity index (χ1v) is 12.5. The van der Waals surface area contributed by atoms with Crippen LogP contribution in [-0.4, -0.2) is 38.8 Å². The lowest BCUT2D eigenvalue weighted by molar-refractivity contribution is 0.0701. The molecule has 0 unspecified atom stereocenters. The molecular formula is C25H24N4OS2. The maximum absolute atomic E-state index is 13.3. The number of benzene rings is 1. The summed E-state index contributed by atoms with van der Waals surface area (Å²) in [5, 5.41) is 4.82. The lowest BCUT2D eigenvalue weighted by Gasteiger charge is -2.33. The van der Waals surface area contributed by atoms with E-state index in [2.05, 4.69) is 41.2 Å². The lowest BCUT2D eigenvalue weighted by atomic mass is 9.89. The van der Waals surface area contributed by atoms with Crippen molar-refractivity contribution in [3.63, 3.8) is 0 Å². The summed E-state index contributed by atoms with van der Waals surface area (Å²) >= 11 is 3.18. The normalized spacial score (nSPS) is 16.3. The number of thiazole rings is 1. The van der Waals surface area contributed by atoms with E-state index in [0.717, 1.165) is 51.9 Å². The minimum atomic E-state index is 0.0108. The van der Waals surface area contributed by atoms with Gasteiger partial charge in [0, 0.05) is 36.1 Å². The second kappa shape index (κ2) is 8.92. The summed E-state index contributed by atoms with van der Waals surface area (Å²) in [6, 6.07) is 12.5. The highest BCUT2D eigenvalue weighted by atomic mass is 32.1. The van der Waals surface area contributed by atoms with E-state index in [4.69, 9.17) is 4.98 Å². The Balaban J connectivity index is 1.41. The number of aromatic nitrogens is 3. The molecule has 4 aromatic rings. The van der Waals surface area contributed by atoms with Crippen LogP contribution in [-0.2, 0) is 0 Å². The number of carbonyl (C=O) groups is 1. The molecule has 1 saturated heterocycles. The third-order valence-corrected chi connectivity index (χ3v) is 7.70. The van der Waals surface area contributed by atoms with Gasteiger partial charge in [0.05, 0.1) is 10.6 Å². The Morgan fingerprint density at radius 1 is 1.12 bits per heavy atom. The van der Waals surface area contributed by atoms with Crippen molar-refractivity contribution in [2.24, 2.45) is 0 Å². The maximum atomic E-state index is 13.3. The SMILES string of the molecule is Cc1cccc(-c2cnc(C)nc2[C@H]2CCCN(C(=O)c3csc(-c4cccs4)n3)C2)c1. The number of aryl methyl sites for hydroxylation is 2. The number of carbonyl (C=O) groups excluding carboxylic acids is 1. The molecule has 0 spiro atoms. The van der Waals surface area contributed by atoms with E-state index >= 15 is 0 Å². The first-order valence-electron chi connectivity index (χ1n) is 10.8. The summed E-state index contributed by atoms with van der Waals surface area (Å²) in [5.41, 5.74) is 4.98. The van der Waals surface area contributed by atoms with E-state index in [1.807, 2.05) is 40.9 Å². The predicted octanol–water partition coefficient (Wildman–Crippen LogP) is 5.97. The molecule has 0 aliphatic carbocycles. The van der Waals surface area contributed by atoms with E-state index < -0.39 is 0 Å². The number of hydrogen-bond acceptors (Lipinski definition) is 6. The van der Waals surface area contributed by atoms with E-state index in [1.54, 1.807) is 11.3 Å². The summed E-state index contributed by atoms with van der Waals surface area (Å²) in [6.07, 6.45) is 3.89. The Labute approximate surface area is 195 Å². The fourth-order valence-corrected chi connectivity index (χ4v) is 5.87. The van der Waals surface area contributed by atoms with Crippen LogP contribution in [0, 0.1) is 13.8 Å². The predicted molar refractivity (Wildman–Crippen MR) is 130 cm³/mol. The van der Waals surface area contributed by atoms with Crippen LogP contribution in [0.3, 0.4) is 0 Å². The van der Waals surface area contributed by atoms with Crippen LogP contribution >= 0.6 is 22.7 Å². The molecule has 1 aliphatic rings. The Morgan fingerprint density at radius 2 is 2.03 bits per heavy atom. The van der Waals surface area contributed by atoms with Crippen LogP contribution in [0.4, 0.5) is 0 Å². The Morgan fingerprint density at radius 3 is 2.84 bits per heavy atom. The van der Waals surface area contributed by atoms with Gasteiger partial charge in [0.1, 0.15) is 16.5 Å². The molecule has 0 N–H and O–H groups in total. The molecule has 7 heteroatoms. The van der Waals surface area contributed by atoms with Gasteiger partial charge in [-0.25, -0.2) is 15.0 Å². The smallest absolute Gasteiger partial charge is 0.273 e. The number of nitrogens with zero attached hydrogens (tertiary/aromatic N) is 4. The van der Waals surface area contributed by atoms with Gasteiger partial charge >= 0.3 is 0 Å². The van der Waals surface area contributed by atoms with Crippen LogP contribution in [0.1, 0.15) is 46.3 Å². The van der Waals surface area contributed by atoms with Crippen molar-refractivity contribution >= 4 is 28.6 Å². The van der Waals surface area contributed by atoms with Gasteiger partial charge in [-0.2, -0.15) is 0 Å². The summed E-state index contributed by atoms with van der Waals surface area (Å²) in [6.45, 7) is 5.43. The zero-order chi connectivity index (χ0) is 22.1. The van der Waals surface area contributed by atoms with Crippen LogP contribution < -0.4 is 0 Å². The number of rotatable bonds is 4. The Hall–Kier alpha value is -2.90. The minimum absolute atomic E-state index is 0.0108. The van der Waals surface area contributed by atoms with Gasteiger partial charge in [0.2, 0.25) is 0 Å². The standard InChI is InChI=1S/C25H24N4OS2/c1-16-6-3-7-18(12-16)20-13-26-17(2)27-23(20)19-8-4-10-29(14-19)25(30)21-15-32-24(28-21)22-9-5-11-31-22/h3,5-7,9,11-13,15,19H,4,8,10,14H2,1-2H3/t19-/m0/s1. The summed E-state index contributed by atoms with van der Waals surface area (Å²) in [5.74, 6) is 0.955. The third-order valence-electron chi connectivity index (χ3n) is 5.82. The summed E-state index contributed by atoms with van der Waals surface area (Å²) in [7, 11) is 0. The number of hydrogen-bond donors (Lipinski definition) is 0. The first kappa shape index (κ1) is 21.0. The minimum Gasteiger partial charge on any atom is -0.337 e. The molecule has 0 bridgehead atoms. The van der Waals surface area contributed by atoms with Crippen molar-refractivity contribution in [2.45, 2.75) is 32.6 Å². The highest BCUT2D eigenvalue weighted by molar-refractivity contribution is 7.20. The Kier molecular flexibility index (Phi) is 5.85. The van der Waals surface area contributed by atoms with Crippen LogP contribution in [0.5, 0.6) is 0 Å². The highest BCUT2D eigenvalue weighted by Gasteiger charge is 2.29. The van der Waals surface area contributed by atoms with Gasteiger partial charge in [0.25, 0.3) is 5.91 Å². The van der Waals surface area contributed by atoms with Gasteiger partial charge in [0.15, 0.2) is 0 Å². The monoisotopic (exact) mass is 460 g/mol. The quantitative estimate of drug-likeness (QED) is 0.377. The van der Waals surface area contributed by atoms with Crippen molar-refractivity contribution in [3.8, 4) is 21.0 Å². The highest BCUT2D eigenvalue weighted by Crippen LogP contribution is 2.34. The van der Waals surface area contributed by atoms with Crippen LogP contribution in [0.2, 0.25) is 0 Å². The molecule has 1 aromatic carbocycles. The van der Waals surface area contributed by atoms with Gasteiger partial charge < -0.3 is 4.90 Å². The van der Waals surface area contributed by atoms with Gasteiger partial charge in [-0.15, -0.1) is 22.7 Å². The molecule has 5 nitrogen and oxygen atoms in total. The van der Waals surface area contributed by atoms with Crippen molar-refractivity contribution in [1.82, 2.24) is 19.9 Å². The van der Waals surface area contributed by atoms with Gasteiger partial charge in [-0.05, 0) is 43.7 Å². The molecule has 0 radical (unpaired) electrons. The summed E-state index contributed by atoms with van der Waals surface area (Å²) < 4.78 is 0. The fourth-order valence-electron chi connectivity index (χ4n) is 4.27. The van der Waals surface area contributed by atoms with Gasteiger partial charge in [-0.3, -0.25) is 4.79 Å². The molecule has 1 atom stereocenters. The maximum Gasteiger partial charge on any atom is 0.273 e. The fraction of sp³-hybridized carbons (Fsp3) is 0.280. The van der Waals surface area contributed by atoms with Gasteiger partial charge in [-0.1, -0.05) is 35.9 Å².